The van der Waals surface area contributed by atoms with Crippen LogP contribution in [0.5, 0.6) is 0 Å². The summed E-state index contributed by atoms with van der Waals surface area (Å²) in [5.41, 5.74) is 0. The van der Waals surface area contributed by atoms with Crippen molar-refractivity contribution in [3.8, 4) is 0 Å². The molecule has 13 nitrogen and oxygen atoms in total. The number of phosphoric ester groups is 1. The SMILES string of the molecule is CCC/C=C/C(O)C(COP(=O)(O)OC1C(O)C(O)C(O)C(O)C1O)NC(=O)CC(O)CCCCCCCCCCCCCCCCC/C=C\C/C=C\CCCCCCCCCCCCCCCCC. The molecule has 8 atom stereocenters. The zero-order chi connectivity index (χ0) is 51.5. The van der Waals surface area contributed by atoms with Crippen molar-refractivity contribution in [1.29, 1.82) is 0 Å². The number of aliphatic hydroxyl groups is 7. The summed E-state index contributed by atoms with van der Waals surface area (Å²) in [5, 5.41) is 73.7. The average Bonchev–Trinajstić information content (AvgIpc) is 3.33. The van der Waals surface area contributed by atoms with Gasteiger partial charge in [-0.15, -0.1) is 0 Å². The van der Waals surface area contributed by atoms with Crippen LogP contribution in [-0.2, 0) is 18.4 Å². The Hall–Kier alpha value is -1.48. The Morgan fingerprint density at radius 1 is 0.514 bits per heavy atom. The molecule has 0 bridgehead atoms. The second-order valence-electron chi connectivity index (χ2n) is 20.3. The minimum atomic E-state index is -5.12. The minimum Gasteiger partial charge on any atom is -0.393 e. The lowest BCUT2D eigenvalue weighted by Gasteiger charge is -2.41. The van der Waals surface area contributed by atoms with Crippen molar-refractivity contribution >= 4 is 13.7 Å². The highest BCUT2D eigenvalue weighted by Crippen LogP contribution is 2.47. The number of amides is 1. The van der Waals surface area contributed by atoms with Crippen LogP contribution >= 0.6 is 7.82 Å². The highest BCUT2D eigenvalue weighted by molar-refractivity contribution is 7.47. The van der Waals surface area contributed by atoms with Gasteiger partial charge in [-0.3, -0.25) is 13.8 Å². The fourth-order valence-corrected chi connectivity index (χ4v) is 10.1. The van der Waals surface area contributed by atoms with Crippen LogP contribution in [0.1, 0.15) is 251 Å². The summed E-state index contributed by atoms with van der Waals surface area (Å²) < 4.78 is 22.6. The molecule has 0 saturated heterocycles. The Morgan fingerprint density at radius 2 is 0.900 bits per heavy atom. The molecule has 0 radical (unpaired) electrons. The Balaban J connectivity index is 2.02. The second-order valence-corrected chi connectivity index (χ2v) is 21.7. The molecular weight excluding hydrogens is 910 g/mol. The van der Waals surface area contributed by atoms with Gasteiger partial charge in [0.2, 0.25) is 5.91 Å². The lowest BCUT2D eigenvalue weighted by atomic mass is 9.85. The van der Waals surface area contributed by atoms with E-state index in [1.54, 1.807) is 6.08 Å². The van der Waals surface area contributed by atoms with Crippen molar-refractivity contribution in [2.45, 2.75) is 306 Å². The lowest BCUT2D eigenvalue weighted by molar-refractivity contribution is -0.220. The van der Waals surface area contributed by atoms with Crippen LogP contribution in [0, 0.1) is 0 Å². The number of allylic oxidation sites excluding steroid dienone is 5. The predicted octanol–water partition coefficient (Wildman–Crippen LogP) is 11.7. The fourth-order valence-electron chi connectivity index (χ4n) is 9.10. The van der Waals surface area contributed by atoms with Gasteiger partial charge in [-0.1, -0.05) is 237 Å². The van der Waals surface area contributed by atoms with Crippen molar-refractivity contribution < 1.29 is 59.0 Å². The largest absolute Gasteiger partial charge is 0.472 e. The first-order chi connectivity index (χ1) is 33.8. The van der Waals surface area contributed by atoms with Crippen molar-refractivity contribution in [3.05, 3.63) is 36.5 Å². The van der Waals surface area contributed by atoms with E-state index in [-0.39, 0.29) is 6.42 Å². The van der Waals surface area contributed by atoms with Crippen LogP contribution in [-0.4, -0.2) is 108 Å². The van der Waals surface area contributed by atoms with E-state index in [1.165, 1.54) is 186 Å². The van der Waals surface area contributed by atoms with Gasteiger partial charge in [-0.05, 0) is 44.9 Å². The molecule has 9 N–H and O–H groups in total. The van der Waals surface area contributed by atoms with Gasteiger partial charge in [0.05, 0.1) is 31.3 Å². The van der Waals surface area contributed by atoms with Gasteiger partial charge in [-0.2, -0.15) is 0 Å². The van der Waals surface area contributed by atoms with Gasteiger partial charge in [0.15, 0.2) is 0 Å². The Kier molecular flexibility index (Phi) is 42.7. The van der Waals surface area contributed by atoms with Crippen LogP contribution in [0.2, 0.25) is 0 Å². The normalized spacial score (nSPS) is 22.0. The number of rotatable bonds is 48. The van der Waals surface area contributed by atoms with E-state index in [0.29, 0.717) is 12.8 Å². The lowest BCUT2D eigenvalue weighted by Crippen LogP contribution is -2.64. The number of carbonyl (C=O) groups excluding carboxylic acids is 1. The summed E-state index contributed by atoms with van der Waals surface area (Å²) in [4.78, 5) is 23.2. The molecule has 1 fully saturated rings. The number of phosphoric acid groups is 1. The summed E-state index contributed by atoms with van der Waals surface area (Å²) in [6.07, 6.45) is 43.0. The van der Waals surface area contributed by atoms with Crippen LogP contribution < -0.4 is 5.32 Å². The zero-order valence-corrected chi connectivity index (χ0v) is 45.1. The minimum absolute atomic E-state index is 0.247. The number of carbonyl (C=O) groups is 1. The third kappa shape index (κ3) is 35.6. The van der Waals surface area contributed by atoms with E-state index in [1.807, 2.05) is 6.92 Å². The summed E-state index contributed by atoms with van der Waals surface area (Å²) in [7, 11) is -5.12. The molecule has 0 spiro atoms. The van der Waals surface area contributed by atoms with E-state index in [4.69, 9.17) is 9.05 Å². The number of hydrogen-bond donors (Lipinski definition) is 9. The molecule has 8 unspecified atom stereocenters. The molecule has 1 aliphatic carbocycles. The van der Waals surface area contributed by atoms with Gasteiger partial charge in [-0.25, -0.2) is 4.57 Å². The maximum Gasteiger partial charge on any atom is 0.472 e. The fraction of sp³-hybridized carbons (Fsp3) is 0.875. The van der Waals surface area contributed by atoms with Crippen LogP contribution in [0.4, 0.5) is 0 Å². The van der Waals surface area contributed by atoms with E-state index in [0.717, 1.165) is 38.5 Å². The molecule has 0 aliphatic heterocycles. The Bertz CT molecular complexity index is 1340. The van der Waals surface area contributed by atoms with E-state index in [9.17, 15) is 50.0 Å². The van der Waals surface area contributed by atoms with Gasteiger partial charge >= 0.3 is 7.82 Å². The van der Waals surface area contributed by atoms with Crippen molar-refractivity contribution in [3.63, 3.8) is 0 Å². The summed E-state index contributed by atoms with van der Waals surface area (Å²) >= 11 is 0. The van der Waals surface area contributed by atoms with E-state index < -0.39 is 75.2 Å². The zero-order valence-electron chi connectivity index (χ0n) is 44.2. The first kappa shape index (κ1) is 66.5. The molecule has 14 heteroatoms. The van der Waals surface area contributed by atoms with Crippen LogP contribution in [0.15, 0.2) is 36.5 Å². The smallest absolute Gasteiger partial charge is 0.393 e. The second kappa shape index (κ2) is 45.0. The topological polar surface area (TPSA) is 226 Å². The molecule has 1 saturated carbocycles. The highest BCUT2D eigenvalue weighted by Gasteiger charge is 2.51. The van der Waals surface area contributed by atoms with E-state index in [2.05, 4.69) is 36.5 Å². The number of hydrogen-bond acceptors (Lipinski definition) is 11. The van der Waals surface area contributed by atoms with Gasteiger partial charge < -0.3 is 46.0 Å². The maximum absolute atomic E-state index is 12.8. The number of aliphatic hydroxyl groups excluding tert-OH is 7. The molecular formula is C56H106NO12P. The molecule has 0 aromatic rings. The molecule has 412 valence electrons. The van der Waals surface area contributed by atoms with Crippen molar-refractivity contribution in [2.75, 3.05) is 6.61 Å². The Labute approximate surface area is 426 Å². The van der Waals surface area contributed by atoms with Gasteiger partial charge in [0.1, 0.15) is 36.6 Å². The van der Waals surface area contributed by atoms with Crippen LogP contribution in [0.3, 0.4) is 0 Å². The first-order valence-electron chi connectivity index (χ1n) is 28.5. The molecule has 0 aromatic carbocycles. The molecule has 1 rings (SSSR count). The molecule has 1 amide bonds. The summed E-state index contributed by atoms with van der Waals surface area (Å²) in [6, 6.07) is -1.24. The van der Waals surface area contributed by atoms with Crippen molar-refractivity contribution in [2.24, 2.45) is 0 Å². The molecule has 70 heavy (non-hydrogen) atoms. The number of nitrogens with one attached hydrogen (secondary N) is 1. The quantitative estimate of drug-likeness (QED) is 0.0158. The summed E-state index contributed by atoms with van der Waals surface area (Å²) in [6.45, 7) is 3.49. The third-order valence-corrected chi connectivity index (χ3v) is 14.7. The van der Waals surface area contributed by atoms with Crippen LogP contribution in [0.25, 0.3) is 0 Å². The van der Waals surface area contributed by atoms with Crippen molar-refractivity contribution in [1.82, 2.24) is 5.32 Å². The Morgan fingerprint density at radius 3 is 1.31 bits per heavy atom. The number of unbranched alkanes of at least 4 members (excludes halogenated alkanes) is 31. The molecule has 0 aromatic heterocycles. The van der Waals surface area contributed by atoms with Gasteiger partial charge in [0.25, 0.3) is 0 Å². The highest BCUT2D eigenvalue weighted by atomic mass is 31.2. The standard InChI is InChI=1S/C56H106NO12P/c1-3-5-7-8-9-10-11-12-13-14-15-16-17-18-19-20-21-22-23-24-25-26-27-28-29-30-31-32-33-34-35-36-37-38-39-40-42-43-47(58)45-50(60)57-48(49(59)44-41-6-4-2)46-68-70(66,67)69-56-54(64)52(62)51(61)53(63)55(56)65/h21-22,24-25,41,44,47-49,51-56,58-59,61-65H,3-20,23,26-40,42-43,45-46H2,1-2H3,(H,57,60)(H,66,67)/b22-21-,25-24-,44-41+. The first-order valence-corrected chi connectivity index (χ1v) is 30.0. The molecule has 1 aliphatic rings. The summed E-state index contributed by atoms with van der Waals surface area (Å²) in [5.74, 6) is -0.603. The maximum atomic E-state index is 12.8. The van der Waals surface area contributed by atoms with Gasteiger partial charge in [0, 0.05) is 0 Å². The third-order valence-electron chi connectivity index (χ3n) is 13.7. The monoisotopic (exact) mass is 1020 g/mol. The predicted molar refractivity (Wildman–Crippen MR) is 284 cm³/mol. The molecule has 0 heterocycles. The average molecular weight is 1020 g/mol. The van der Waals surface area contributed by atoms with E-state index >= 15 is 0 Å².